The van der Waals surface area contributed by atoms with Crippen molar-refractivity contribution in [3.8, 4) is 0 Å². The average Bonchev–Trinajstić information content (AvgIpc) is 3.28. The van der Waals surface area contributed by atoms with Gasteiger partial charge in [0.2, 0.25) is 11.8 Å². The molecule has 38 heavy (non-hydrogen) atoms. The number of fused-ring (bicyclic) bond motifs is 1. The van der Waals surface area contributed by atoms with Crippen molar-refractivity contribution < 1.29 is 24.3 Å². The normalized spacial score (nSPS) is 12.7. The van der Waals surface area contributed by atoms with Gasteiger partial charge in [0.15, 0.2) is 5.78 Å². The number of hydrogen-bond donors (Lipinski definition) is 4. The van der Waals surface area contributed by atoms with E-state index in [1.165, 1.54) is 58.3 Å². The van der Waals surface area contributed by atoms with E-state index in [1.54, 1.807) is 0 Å². The predicted octanol–water partition coefficient (Wildman–Crippen LogP) is 5.44. The van der Waals surface area contributed by atoms with E-state index < -0.39 is 36.2 Å². The fourth-order valence-electron chi connectivity index (χ4n) is 4.63. The number of aliphatic carboxylic acids is 1. The van der Waals surface area contributed by atoms with E-state index in [0.717, 1.165) is 35.9 Å². The molecular weight excluding hydrogens is 482 g/mol. The molecule has 0 spiro atoms. The number of benzene rings is 1. The van der Waals surface area contributed by atoms with Crippen molar-refractivity contribution in [1.82, 2.24) is 15.6 Å². The minimum atomic E-state index is -1.18. The van der Waals surface area contributed by atoms with Crippen LogP contribution in [0.4, 0.5) is 0 Å². The third kappa shape index (κ3) is 11.9. The van der Waals surface area contributed by atoms with Gasteiger partial charge in [-0.1, -0.05) is 89.3 Å². The van der Waals surface area contributed by atoms with Gasteiger partial charge in [-0.15, -0.1) is 0 Å². The largest absolute Gasteiger partial charge is 0.481 e. The molecule has 210 valence electrons. The second-order valence-electron chi connectivity index (χ2n) is 10.3. The van der Waals surface area contributed by atoms with Gasteiger partial charge in [0.05, 0.1) is 12.5 Å². The number of carbonyl (C=O) groups excluding carboxylic acids is 3. The lowest BCUT2D eigenvalue weighted by atomic mass is 10.0. The second kappa shape index (κ2) is 17.4. The van der Waals surface area contributed by atoms with Crippen LogP contribution < -0.4 is 10.6 Å². The molecule has 8 nitrogen and oxygen atoms in total. The number of carboxylic acid groups (broad SMARTS) is 1. The highest BCUT2D eigenvalue weighted by atomic mass is 16.4. The lowest BCUT2D eigenvalue weighted by Gasteiger charge is -2.21. The Morgan fingerprint density at radius 1 is 0.842 bits per heavy atom. The van der Waals surface area contributed by atoms with Crippen LogP contribution in [0.3, 0.4) is 0 Å². The maximum Gasteiger partial charge on any atom is 0.305 e. The Kier molecular flexibility index (Phi) is 14.2. The third-order valence-electron chi connectivity index (χ3n) is 6.85. The van der Waals surface area contributed by atoms with Crippen LogP contribution in [-0.4, -0.2) is 45.7 Å². The molecule has 1 aromatic heterocycles. The number of carboxylic acids is 1. The van der Waals surface area contributed by atoms with Gasteiger partial charge in [-0.05, 0) is 30.9 Å². The van der Waals surface area contributed by atoms with Crippen molar-refractivity contribution in [2.24, 2.45) is 0 Å². The molecule has 2 atom stereocenters. The minimum Gasteiger partial charge on any atom is -0.481 e. The number of unbranched alkanes of at least 4 members (excludes halogenated alkanes) is 10. The van der Waals surface area contributed by atoms with Crippen molar-refractivity contribution in [3.63, 3.8) is 0 Å². The van der Waals surface area contributed by atoms with E-state index in [2.05, 4.69) is 22.5 Å². The number of H-pyrrole nitrogens is 1. The van der Waals surface area contributed by atoms with Crippen LogP contribution in [0, 0.1) is 0 Å². The van der Waals surface area contributed by atoms with Crippen molar-refractivity contribution >= 4 is 34.5 Å². The molecule has 1 heterocycles. The van der Waals surface area contributed by atoms with Gasteiger partial charge in [0.25, 0.3) is 0 Å². The molecular formula is C30H45N3O5. The molecule has 2 aromatic rings. The van der Waals surface area contributed by atoms with Gasteiger partial charge in [-0.2, -0.15) is 0 Å². The van der Waals surface area contributed by atoms with Crippen molar-refractivity contribution in [2.45, 2.75) is 116 Å². The predicted molar refractivity (Wildman–Crippen MR) is 150 cm³/mol. The van der Waals surface area contributed by atoms with E-state index in [1.807, 2.05) is 30.3 Å². The highest BCUT2D eigenvalue weighted by Crippen LogP contribution is 2.16. The number of carbonyl (C=O) groups is 4. The molecule has 2 amide bonds. The van der Waals surface area contributed by atoms with Crippen molar-refractivity contribution in [1.29, 1.82) is 0 Å². The summed E-state index contributed by atoms with van der Waals surface area (Å²) in [5.41, 5.74) is 1.68. The molecule has 0 aliphatic rings. The van der Waals surface area contributed by atoms with E-state index in [9.17, 15) is 19.2 Å². The zero-order valence-electron chi connectivity index (χ0n) is 23.0. The highest BCUT2D eigenvalue weighted by molar-refractivity contribution is 5.94. The molecule has 0 fully saturated rings. The smallest absolute Gasteiger partial charge is 0.305 e. The number of nitrogens with one attached hydrogen (secondary N) is 3. The van der Waals surface area contributed by atoms with Crippen LogP contribution in [0.25, 0.3) is 10.9 Å². The lowest BCUT2D eigenvalue weighted by Crippen LogP contribution is -2.52. The summed E-state index contributed by atoms with van der Waals surface area (Å²) in [4.78, 5) is 52.1. The molecule has 0 aliphatic heterocycles. The minimum absolute atomic E-state index is 0.197. The zero-order chi connectivity index (χ0) is 27.8. The lowest BCUT2D eigenvalue weighted by molar-refractivity contribution is -0.140. The fourth-order valence-corrected chi connectivity index (χ4v) is 4.63. The Hall–Kier alpha value is -3.16. The fraction of sp³-hybridized carbons (Fsp3) is 0.600. The molecule has 8 heteroatoms. The molecule has 4 N–H and O–H groups in total. The standard InChI is InChI=1S/C30H45N3O5/c1-3-4-5-6-7-8-9-10-11-12-13-18-28(35)32-27(30(38)33-26(22(2)34)21-29(36)37)20-24-19-23-16-14-15-17-25(23)31-24/h14-17,19,26-27,31H,3-13,18,20-21H2,1-2H3,(H,32,35)(H,33,38)(H,36,37). The van der Waals surface area contributed by atoms with Crippen LogP contribution in [0.2, 0.25) is 0 Å². The maximum absolute atomic E-state index is 13.1. The number of Topliss-reactive ketones (excluding diaryl/α,β-unsaturated/α-hetero) is 1. The Labute approximate surface area is 226 Å². The Morgan fingerprint density at radius 2 is 1.45 bits per heavy atom. The molecule has 2 unspecified atom stereocenters. The van der Waals surface area contributed by atoms with E-state index in [-0.39, 0.29) is 12.3 Å². The SMILES string of the molecule is CCCCCCCCCCCCCC(=O)NC(Cc1cc2ccccc2[nH]1)C(=O)NC(CC(=O)O)C(C)=O. The first-order valence-corrected chi connectivity index (χ1v) is 14.2. The van der Waals surface area contributed by atoms with Gasteiger partial charge >= 0.3 is 5.97 Å². The second-order valence-corrected chi connectivity index (χ2v) is 10.3. The zero-order valence-corrected chi connectivity index (χ0v) is 23.0. The number of aromatic amines is 1. The first-order valence-electron chi connectivity index (χ1n) is 14.2. The Balaban J connectivity index is 1.86. The average molecular weight is 528 g/mol. The summed E-state index contributed by atoms with van der Waals surface area (Å²) in [5, 5.41) is 15.4. The number of para-hydroxylation sites is 1. The number of rotatable bonds is 20. The van der Waals surface area contributed by atoms with Crippen LogP contribution in [0.15, 0.2) is 30.3 Å². The molecule has 0 bridgehead atoms. The van der Waals surface area contributed by atoms with E-state index >= 15 is 0 Å². The van der Waals surface area contributed by atoms with E-state index in [4.69, 9.17) is 5.11 Å². The van der Waals surface area contributed by atoms with Crippen molar-refractivity contribution in [3.05, 3.63) is 36.0 Å². The number of hydrogen-bond acceptors (Lipinski definition) is 4. The maximum atomic E-state index is 13.1. The summed E-state index contributed by atoms with van der Waals surface area (Å²) in [7, 11) is 0. The van der Waals surface area contributed by atoms with Gasteiger partial charge in [0, 0.05) is 24.1 Å². The van der Waals surface area contributed by atoms with Gasteiger partial charge in [0.1, 0.15) is 6.04 Å². The van der Waals surface area contributed by atoms with Crippen LogP contribution in [-0.2, 0) is 25.6 Å². The first kappa shape index (κ1) is 31.1. The molecule has 0 saturated carbocycles. The van der Waals surface area contributed by atoms with Gasteiger partial charge < -0.3 is 20.7 Å². The van der Waals surface area contributed by atoms with Crippen LogP contribution in [0.5, 0.6) is 0 Å². The van der Waals surface area contributed by atoms with Crippen molar-refractivity contribution in [2.75, 3.05) is 0 Å². The Bertz CT molecular complexity index is 999. The molecule has 1 aromatic carbocycles. The first-order chi connectivity index (χ1) is 18.3. The number of amides is 2. The van der Waals surface area contributed by atoms with E-state index in [0.29, 0.717) is 6.42 Å². The third-order valence-corrected chi connectivity index (χ3v) is 6.85. The number of ketones is 1. The molecule has 0 aliphatic carbocycles. The topological polar surface area (TPSA) is 128 Å². The van der Waals surface area contributed by atoms with Crippen LogP contribution in [0.1, 0.15) is 103 Å². The summed E-state index contributed by atoms with van der Waals surface area (Å²) >= 11 is 0. The van der Waals surface area contributed by atoms with Crippen LogP contribution >= 0.6 is 0 Å². The Morgan fingerprint density at radius 3 is 2.03 bits per heavy atom. The summed E-state index contributed by atoms with van der Waals surface area (Å²) in [5.74, 6) is -2.43. The summed E-state index contributed by atoms with van der Waals surface area (Å²) in [6.45, 7) is 3.47. The summed E-state index contributed by atoms with van der Waals surface area (Å²) < 4.78 is 0. The van der Waals surface area contributed by atoms with Gasteiger partial charge in [-0.3, -0.25) is 19.2 Å². The summed E-state index contributed by atoms with van der Waals surface area (Å²) in [6.07, 6.45) is 13.1. The molecule has 2 rings (SSSR count). The highest BCUT2D eigenvalue weighted by Gasteiger charge is 2.27. The number of aromatic nitrogens is 1. The molecule has 0 saturated heterocycles. The monoisotopic (exact) mass is 527 g/mol. The summed E-state index contributed by atoms with van der Waals surface area (Å²) in [6, 6.07) is 7.55. The van der Waals surface area contributed by atoms with Gasteiger partial charge in [-0.25, -0.2) is 0 Å². The molecule has 0 radical (unpaired) electrons. The quantitative estimate of drug-likeness (QED) is 0.170.